The molecule has 1 amide bonds. The molecule has 0 spiro atoms. The van der Waals surface area contributed by atoms with E-state index in [2.05, 4.69) is 57.3 Å². The average Bonchev–Trinajstić information content (AvgIpc) is 2.61. The summed E-state index contributed by atoms with van der Waals surface area (Å²) >= 11 is 0. The molecular weight excluding hydrogens is 463 g/mol. The number of rotatable bonds is 4. The van der Waals surface area contributed by atoms with E-state index in [0.29, 0.717) is 5.92 Å². The van der Waals surface area contributed by atoms with Crippen LogP contribution in [0.5, 0.6) is 0 Å². The van der Waals surface area contributed by atoms with E-state index in [1.807, 2.05) is 38.1 Å². The zero-order valence-electron chi connectivity index (χ0n) is 17.3. The molecule has 2 aromatic carbocycles. The Labute approximate surface area is 201 Å². The molecule has 0 saturated heterocycles. The van der Waals surface area contributed by atoms with Crippen molar-refractivity contribution in [2.75, 3.05) is 5.32 Å². The van der Waals surface area contributed by atoms with Crippen molar-refractivity contribution in [1.29, 1.82) is 0 Å². The predicted molar refractivity (Wildman–Crippen MR) is 116 cm³/mol. The third-order valence-electron chi connectivity index (χ3n) is 3.57. The SMILES string of the molecule is [CH2-]C.[CH2-]C(=O)Nc1c(C)cccc1C.[CH2-]CC[C@@H]([CH2-])c1ccccc1.[CH3-].[Nd]. The molecule has 0 bridgehead atoms. The number of hydrogen-bond donors (Lipinski definition) is 1. The second-order valence-corrected chi connectivity index (χ2v) is 5.56. The molecule has 3 heteroatoms. The number of carbonyl (C=O) groups is 1. The number of hydrogen-bond acceptors (Lipinski definition) is 1. The molecule has 0 heterocycles. The van der Waals surface area contributed by atoms with Gasteiger partial charge in [0, 0.05) is 46.5 Å². The summed E-state index contributed by atoms with van der Waals surface area (Å²) in [4.78, 5) is 10.7. The van der Waals surface area contributed by atoms with Gasteiger partial charge in [-0.05, 0) is 25.0 Å². The Morgan fingerprint density at radius 1 is 1.00 bits per heavy atom. The first kappa shape index (κ1) is 30.8. The Bertz CT molecular complexity index is 591. The molecular formula is C24H34NNdO-5. The van der Waals surface area contributed by atoms with Gasteiger partial charge in [-0.25, -0.2) is 0 Å². The molecule has 0 radical (unpaired) electrons. The predicted octanol–water partition coefficient (Wildman–Crippen LogP) is 6.59. The molecule has 1 atom stereocenters. The van der Waals surface area contributed by atoms with E-state index in [1.165, 1.54) is 5.56 Å². The minimum absolute atomic E-state index is 0. The van der Waals surface area contributed by atoms with Gasteiger partial charge < -0.3 is 45.2 Å². The van der Waals surface area contributed by atoms with Gasteiger partial charge >= 0.3 is 0 Å². The molecule has 150 valence electrons. The maximum Gasteiger partial charge on any atom is 0.0841 e. The van der Waals surface area contributed by atoms with Crippen LogP contribution in [-0.2, 0) is 4.79 Å². The smallest absolute Gasteiger partial charge is 0.0841 e. The Hall–Kier alpha value is -0.869. The summed E-state index contributed by atoms with van der Waals surface area (Å²) < 4.78 is 0. The van der Waals surface area contributed by atoms with E-state index in [0.717, 1.165) is 29.7 Å². The molecule has 0 aromatic heterocycles. The topological polar surface area (TPSA) is 29.1 Å². The standard InChI is InChI=1S/C11H14.C10H12NO.C2H5.CH3.Nd/c1-3-7-10(2)11-8-5-4-6-9-11;1-7-5-4-6-8(2)10(7)11-9(3)12;1-2;;/h4-6,8-10H,1-3,7H2;4-6H,3H2,1-2H3,(H,11,12);1H2,2H3;1H3;/q-2;3*-1;/t10-;;;;/m1..../s1. The van der Waals surface area contributed by atoms with E-state index in [1.54, 1.807) is 6.92 Å². The van der Waals surface area contributed by atoms with Gasteiger partial charge in [0.15, 0.2) is 0 Å². The second kappa shape index (κ2) is 18.5. The minimum Gasteiger partial charge on any atom is -0.358 e. The number of para-hydroxylation sites is 1. The van der Waals surface area contributed by atoms with Crippen LogP contribution in [0.15, 0.2) is 48.5 Å². The molecule has 0 aliphatic carbocycles. The zero-order chi connectivity index (χ0) is 19.2. The number of aryl methyl sites for hydroxylation is 2. The minimum atomic E-state index is -0.271. The molecule has 0 unspecified atom stereocenters. The van der Waals surface area contributed by atoms with Crippen molar-refractivity contribution in [3.8, 4) is 0 Å². The quantitative estimate of drug-likeness (QED) is 0.476. The van der Waals surface area contributed by atoms with E-state index < -0.39 is 0 Å². The summed E-state index contributed by atoms with van der Waals surface area (Å²) in [5, 5.41) is 2.69. The van der Waals surface area contributed by atoms with Gasteiger partial charge in [0.2, 0.25) is 0 Å². The first-order chi connectivity index (χ1) is 12.0. The summed E-state index contributed by atoms with van der Waals surface area (Å²) in [6.07, 6.45) is 2.03. The monoisotopic (exact) mass is 494 g/mol. The van der Waals surface area contributed by atoms with Crippen molar-refractivity contribution in [3.63, 3.8) is 0 Å². The molecule has 2 rings (SSSR count). The van der Waals surface area contributed by atoms with Crippen molar-refractivity contribution >= 4 is 11.6 Å². The summed E-state index contributed by atoms with van der Waals surface area (Å²) in [5.74, 6) is 0.140. The zero-order valence-corrected chi connectivity index (χ0v) is 20.6. The molecule has 0 aliphatic heterocycles. The van der Waals surface area contributed by atoms with Crippen LogP contribution in [0.1, 0.15) is 42.4 Å². The Morgan fingerprint density at radius 3 is 1.89 bits per heavy atom. The molecule has 0 fully saturated rings. The van der Waals surface area contributed by atoms with Crippen molar-refractivity contribution in [3.05, 3.63) is 100 Å². The van der Waals surface area contributed by atoms with Crippen LogP contribution in [0.25, 0.3) is 0 Å². The van der Waals surface area contributed by atoms with Crippen molar-refractivity contribution in [2.24, 2.45) is 0 Å². The van der Waals surface area contributed by atoms with E-state index in [4.69, 9.17) is 0 Å². The number of carbonyl (C=O) groups excluding carboxylic acids is 1. The van der Waals surface area contributed by atoms with Gasteiger partial charge in [-0.15, -0.1) is 12.3 Å². The van der Waals surface area contributed by atoms with Crippen LogP contribution in [-0.4, -0.2) is 5.91 Å². The fraction of sp³-hybridized carbons (Fsp3) is 0.250. The number of nitrogens with one attached hydrogen (secondary N) is 1. The van der Waals surface area contributed by atoms with Crippen LogP contribution in [0.2, 0.25) is 0 Å². The molecule has 2 aromatic rings. The van der Waals surface area contributed by atoms with Crippen molar-refractivity contribution in [2.45, 2.75) is 39.5 Å². The van der Waals surface area contributed by atoms with Gasteiger partial charge in [-0.2, -0.15) is 13.3 Å². The molecule has 1 N–H and O–H groups in total. The molecule has 0 saturated carbocycles. The Balaban J connectivity index is -0.000000367. The number of anilines is 1. The van der Waals surface area contributed by atoms with E-state index >= 15 is 0 Å². The van der Waals surface area contributed by atoms with Crippen LogP contribution in [0.4, 0.5) is 5.69 Å². The summed E-state index contributed by atoms with van der Waals surface area (Å²) in [6, 6.07) is 16.2. The van der Waals surface area contributed by atoms with E-state index in [9.17, 15) is 4.79 Å². The van der Waals surface area contributed by atoms with Gasteiger partial charge in [0.25, 0.3) is 0 Å². The fourth-order valence-electron chi connectivity index (χ4n) is 2.29. The summed E-state index contributed by atoms with van der Waals surface area (Å²) in [6.45, 7) is 20.0. The second-order valence-electron chi connectivity index (χ2n) is 5.56. The first-order valence-electron chi connectivity index (χ1n) is 8.52. The number of benzene rings is 2. The van der Waals surface area contributed by atoms with E-state index in [-0.39, 0.29) is 54.2 Å². The van der Waals surface area contributed by atoms with Crippen LogP contribution in [0, 0.1) is 89.8 Å². The molecule has 2 nitrogen and oxygen atoms in total. The largest absolute Gasteiger partial charge is 0.358 e. The van der Waals surface area contributed by atoms with Crippen molar-refractivity contribution in [1.82, 2.24) is 0 Å². The average molecular weight is 497 g/mol. The Kier molecular flexibility index (Phi) is 21.1. The first-order valence-corrected chi connectivity index (χ1v) is 8.52. The maximum atomic E-state index is 10.7. The third kappa shape index (κ3) is 13.0. The fourth-order valence-corrected chi connectivity index (χ4v) is 2.29. The number of amides is 1. The summed E-state index contributed by atoms with van der Waals surface area (Å²) in [7, 11) is 0. The van der Waals surface area contributed by atoms with Crippen LogP contribution >= 0.6 is 0 Å². The maximum absolute atomic E-state index is 10.7. The van der Waals surface area contributed by atoms with Crippen LogP contribution < -0.4 is 5.32 Å². The van der Waals surface area contributed by atoms with Gasteiger partial charge in [-0.3, -0.25) is 0 Å². The molecule has 0 aliphatic rings. The van der Waals surface area contributed by atoms with Crippen LogP contribution in [0.3, 0.4) is 0 Å². The van der Waals surface area contributed by atoms with Gasteiger partial charge in [0.1, 0.15) is 0 Å². The normalized spacial score (nSPS) is 9.70. The van der Waals surface area contributed by atoms with Gasteiger partial charge in [-0.1, -0.05) is 54.1 Å². The Morgan fingerprint density at radius 2 is 1.48 bits per heavy atom. The van der Waals surface area contributed by atoms with Gasteiger partial charge in [0.05, 0.1) is 5.91 Å². The van der Waals surface area contributed by atoms with Crippen molar-refractivity contribution < 1.29 is 45.6 Å². The molecule has 27 heavy (non-hydrogen) atoms. The summed E-state index contributed by atoms with van der Waals surface area (Å²) in [5.41, 5.74) is 4.31. The third-order valence-corrected chi connectivity index (χ3v) is 3.57.